The van der Waals surface area contributed by atoms with Crippen molar-refractivity contribution in [3.8, 4) is 0 Å². The molecule has 0 fully saturated rings. The summed E-state index contributed by atoms with van der Waals surface area (Å²) in [5, 5.41) is 9.18. The van der Waals surface area contributed by atoms with Crippen LogP contribution in [-0.4, -0.2) is 24.0 Å². The molecule has 0 aliphatic heterocycles. The lowest BCUT2D eigenvalue weighted by atomic mass is 10.2. The zero-order chi connectivity index (χ0) is 8.69. The van der Waals surface area contributed by atoms with Crippen molar-refractivity contribution in [1.29, 1.82) is 0 Å². The summed E-state index contributed by atoms with van der Waals surface area (Å²) in [6.07, 6.45) is 2.07. The molecule has 1 unspecified atom stereocenters. The van der Waals surface area contributed by atoms with E-state index in [4.69, 9.17) is 10.5 Å². The second kappa shape index (κ2) is 6.58. The highest BCUT2D eigenvalue weighted by molar-refractivity contribution is 4.47. The third-order valence-corrected chi connectivity index (χ3v) is 1.33. The van der Waals surface area contributed by atoms with Crippen molar-refractivity contribution >= 4 is 0 Å². The Morgan fingerprint density at radius 3 is 2.45 bits per heavy atom. The summed E-state index contributed by atoms with van der Waals surface area (Å²) in [4.78, 5) is 0. The van der Waals surface area contributed by atoms with E-state index in [-0.39, 0.29) is 6.10 Å². The predicted molar refractivity (Wildman–Crippen MR) is 45.1 cm³/mol. The number of rotatable bonds is 6. The number of aliphatic hydroxyl groups excluding tert-OH is 1. The van der Waals surface area contributed by atoms with Crippen LogP contribution in [0.3, 0.4) is 0 Å². The third kappa shape index (κ3) is 7.78. The van der Waals surface area contributed by atoms with Gasteiger partial charge in [0.25, 0.3) is 0 Å². The van der Waals surface area contributed by atoms with Gasteiger partial charge < -0.3 is 15.6 Å². The monoisotopic (exact) mass is 161 g/mol. The van der Waals surface area contributed by atoms with Crippen LogP contribution in [0.1, 0.15) is 33.1 Å². The molecule has 1 atom stereocenters. The van der Waals surface area contributed by atoms with Crippen molar-refractivity contribution in [1.82, 2.24) is 0 Å². The number of ether oxygens (including phenoxy) is 1. The molecule has 0 saturated heterocycles. The van der Waals surface area contributed by atoms with Gasteiger partial charge >= 0.3 is 0 Å². The highest BCUT2D eigenvalue weighted by atomic mass is 16.6. The lowest BCUT2D eigenvalue weighted by Crippen LogP contribution is -2.17. The molecular formula is C8H19NO2. The molecule has 0 aromatic rings. The third-order valence-electron chi connectivity index (χ3n) is 1.33. The maximum Gasteiger partial charge on any atom is 0.154 e. The van der Waals surface area contributed by atoms with Gasteiger partial charge in [-0.25, -0.2) is 0 Å². The Balaban J connectivity index is 3.15. The van der Waals surface area contributed by atoms with Crippen LogP contribution >= 0.6 is 0 Å². The molecule has 11 heavy (non-hydrogen) atoms. The summed E-state index contributed by atoms with van der Waals surface area (Å²) in [7, 11) is 0. The topological polar surface area (TPSA) is 55.5 Å². The van der Waals surface area contributed by atoms with Gasteiger partial charge in [0.2, 0.25) is 0 Å². The molecule has 0 rings (SSSR count). The second-order valence-corrected chi connectivity index (χ2v) is 2.92. The van der Waals surface area contributed by atoms with Crippen molar-refractivity contribution in [2.24, 2.45) is 5.73 Å². The minimum atomic E-state index is -0.610. The van der Waals surface area contributed by atoms with E-state index < -0.39 is 6.29 Å². The highest BCUT2D eigenvalue weighted by Crippen LogP contribution is 2.03. The minimum Gasteiger partial charge on any atom is -0.368 e. The molecule has 0 aromatic carbocycles. The minimum absolute atomic E-state index is 0.0999. The maximum absolute atomic E-state index is 9.18. The first-order chi connectivity index (χ1) is 5.16. The van der Waals surface area contributed by atoms with Crippen LogP contribution in [0, 0.1) is 0 Å². The quantitative estimate of drug-likeness (QED) is 0.448. The zero-order valence-corrected chi connectivity index (χ0v) is 7.42. The van der Waals surface area contributed by atoms with E-state index in [9.17, 15) is 5.11 Å². The van der Waals surface area contributed by atoms with Crippen molar-refractivity contribution in [3.05, 3.63) is 0 Å². The van der Waals surface area contributed by atoms with E-state index in [2.05, 4.69) is 0 Å². The van der Waals surface area contributed by atoms with Crippen LogP contribution in [0.5, 0.6) is 0 Å². The molecule has 0 spiro atoms. The Labute approximate surface area is 68.5 Å². The zero-order valence-electron chi connectivity index (χ0n) is 7.42. The molecule has 0 bridgehead atoms. The van der Waals surface area contributed by atoms with E-state index >= 15 is 0 Å². The Morgan fingerprint density at radius 1 is 1.36 bits per heavy atom. The fraction of sp³-hybridized carbons (Fsp3) is 1.00. The van der Waals surface area contributed by atoms with Crippen molar-refractivity contribution in [2.45, 2.75) is 45.5 Å². The van der Waals surface area contributed by atoms with Gasteiger partial charge in [-0.3, -0.25) is 0 Å². The lowest BCUT2D eigenvalue weighted by Gasteiger charge is -2.14. The summed E-state index contributed by atoms with van der Waals surface area (Å²) >= 11 is 0. The maximum atomic E-state index is 9.18. The van der Waals surface area contributed by atoms with Crippen LogP contribution in [0.25, 0.3) is 0 Å². The van der Waals surface area contributed by atoms with Gasteiger partial charge in [-0.1, -0.05) is 0 Å². The predicted octanol–water partition coefficient (Wildman–Crippen LogP) is 0.859. The summed E-state index contributed by atoms with van der Waals surface area (Å²) in [6, 6.07) is 0. The van der Waals surface area contributed by atoms with E-state index in [1.54, 1.807) is 0 Å². The molecular weight excluding hydrogens is 142 g/mol. The van der Waals surface area contributed by atoms with E-state index in [1.807, 2.05) is 13.8 Å². The van der Waals surface area contributed by atoms with Crippen LogP contribution in [0.2, 0.25) is 0 Å². The largest absolute Gasteiger partial charge is 0.368 e. The first-order valence-corrected chi connectivity index (χ1v) is 4.20. The molecule has 3 N–H and O–H groups in total. The summed E-state index contributed by atoms with van der Waals surface area (Å²) < 4.78 is 5.11. The van der Waals surface area contributed by atoms with Crippen LogP contribution < -0.4 is 5.73 Å². The molecule has 3 heteroatoms. The molecule has 0 aliphatic carbocycles. The van der Waals surface area contributed by atoms with Gasteiger partial charge in [-0.15, -0.1) is 0 Å². The van der Waals surface area contributed by atoms with Gasteiger partial charge in [-0.05, 0) is 39.7 Å². The fourth-order valence-electron chi connectivity index (χ4n) is 0.846. The molecule has 3 nitrogen and oxygen atoms in total. The fourth-order valence-corrected chi connectivity index (χ4v) is 0.846. The van der Waals surface area contributed by atoms with E-state index in [1.165, 1.54) is 0 Å². The Bertz CT molecular complexity index is 86.2. The van der Waals surface area contributed by atoms with Gasteiger partial charge in [0, 0.05) is 0 Å². The molecule has 0 saturated carbocycles. The Kier molecular flexibility index (Phi) is 6.51. The Morgan fingerprint density at radius 2 is 2.00 bits per heavy atom. The number of aliphatic hydroxyl groups is 1. The van der Waals surface area contributed by atoms with Gasteiger partial charge in [0.05, 0.1) is 6.10 Å². The number of hydrogen-bond donors (Lipinski definition) is 2. The van der Waals surface area contributed by atoms with E-state index in [0.29, 0.717) is 13.0 Å². The molecule has 0 amide bonds. The average Bonchev–Trinajstić information content (AvgIpc) is 1.86. The van der Waals surface area contributed by atoms with E-state index in [0.717, 1.165) is 12.8 Å². The summed E-state index contributed by atoms with van der Waals surface area (Å²) in [6.45, 7) is 4.51. The first-order valence-electron chi connectivity index (χ1n) is 4.20. The van der Waals surface area contributed by atoms with Crippen LogP contribution in [-0.2, 0) is 4.74 Å². The van der Waals surface area contributed by atoms with Crippen LogP contribution in [0.4, 0.5) is 0 Å². The summed E-state index contributed by atoms with van der Waals surface area (Å²) in [5.74, 6) is 0. The van der Waals surface area contributed by atoms with Crippen molar-refractivity contribution in [3.63, 3.8) is 0 Å². The number of hydrogen-bond acceptors (Lipinski definition) is 3. The van der Waals surface area contributed by atoms with Gasteiger partial charge in [-0.2, -0.15) is 0 Å². The SMILES string of the molecule is CC(C)OC(O)CCCCN. The molecule has 0 aromatic heterocycles. The molecule has 0 radical (unpaired) electrons. The average molecular weight is 161 g/mol. The van der Waals surface area contributed by atoms with Crippen molar-refractivity contribution in [2.75, 3.05) is 6.54 Å². The molecule has 68 valence electrons. The second-order valence-electron chi connectivity index (χ2n) is 2.92. The van der Waals surface area contributed by atoms with Crippen molar-refractivity contribution < 1.29 is 9.84 Å². The summed E-state index contributed by atoms with van der Waals surface area (Å²) in [5.41, 5.74) is 5.29. The number of nitrogens with two attached hydrogens (primary N) is 1. The highest BCUT2D eigenvalue weighted by Gasteiger charge is 2.04. The van der Waals surface area contributed by atoms with Gasteiger partial charge in [0.1, 0.15) is 0 Å². The standard InChI is InChI=1S/C8H19NO2/c1-7(2)11-8(10)5-3-4-6-9/h7-8,10H,3-6,9H2,1-2H3. The molecule has 0 heterocycles. The first kappa shape index (κ1) is 10.9. The Hall–Kier alpha value is -0.120. The smallest absolute Gasteiger partial charge is 0.154 e. The van der Waals surface area contributed by atoms with Gasteiger partial charge in [0.15, 0.2) is 6.29 Å². The van der Waals surface area contributed by atoms with Crippen LogP contribution in [0.15, 0.2) is 0 Å². The normalized spacial score (nSPS) is 13.9. The molecule has 0 aliphatic rings. The lowest BCUT2D eigenvalue weighted by molar-refractivity contribution is -0.129. The number of unbranched alkanes of at least 4 members (excludes halogenated alkanes) is 1.